The molecule has 3 nitrogen and oxygen atoms in total. The maximum atomic E-state index is 11.7. The molecule has 0 fully saturated rings. The predicted octanol–water partition coefficient (Wildman–Crippen LogP) is 2.82. The predicted molar refractivity (Wildman–Crippen MR) is 68.1 cm³/mol. The number of aryl methyl sites for hydroxylation is 2. The van der Waals surface area contributed by atoms with E-state index in [9.17, 15) is 4.79 Å². The second kappa shape index (κ2) is 5.19. The van der Waals surface area contributed by atoms with Crippen molar-refractivity contribution in [3.8, 4) is 0 Å². The fourth-order valence-electron chi connectivity index (χ4n) is 1.69. The Hall–Kier alpha value is -1.55. The lowest BCUT2D eigenvalue weighted by atomic mass is 10.2. The van der Waals surface area contributed by atoms with Crippen molar-refractivity contribution < 1.29 is 9.21 Å². The summed E-state index contributed by atoms with van der Waals surface area (Å²) < 4.78 is 5.40. The molecule has 0 unspecified atom stereocenters. The number of hydrogen-bond acceptors (Lipinski definition) is 3. The van der Waals surface area contributed by atoms with Gasteiger partial charge in [0.2, 0.25) is 5.91 Å². The van der Waals surface area contributed by atoms with Crippen LogP contribution in [0.4, 0.5) is 0 Å². The average molecular weight is 249 g/mol. The smallest absolute Gasteiger partial charge is 0.225 e. The lowest BCUT2D eigenvalue weighted by molar-refractivity contribution is -0.120. The van der Waals surface area contributed by atoms with Crippen molar-refractivity contribution >= 4 is 17.2 Å². The minimum absolute atomic E-state index is 0.0469. The third-order valence-electron chi connectivity index (χ3n) is 2.53. The number of furan rings is 1. The lowest BCUT2D eigenvalue weighted by Crippen LogP contribution is -2.24. The first kappa shape index (κ1) is 11.9. The van der Waals surface area contributed by atoms with Crippen LogP contribution < -0.4 is 5.32 Å². The SMILES string of the molecule is Cc1cc(CNC(=O)Cc2cccs2)c(C)o1. The van der Waals surface area contributed by atoms with Crippen LogP contribution in [0, 0.1) is 13.8 Å². The highest BCUT2D eigenvalue weighted by atomic mass is 32.1. The Bertz CT molecular complexity index is 499. The summed E-state index contributed by atoms with van der Waals surface area (Å²) >= 11 is 1.60. The quantitative estimate of drug-likeness (QED) is 0.905. The minimum Gasteiger partial charge on any atom is -0.466 e. The van der Waals surface area contributed by atoms with Crippen LogP contribution in [0.1, 0.15) is 22.0 Å². The molecule has 0 radical (unpaired) electrons. The van der Waals surface area contributed by atoms with Gasteiger partial charge in [-0.15, -0.1) is 11.3 Å². The summed E-state index contributed by atoms with van der Waals surface area (Å²) in [5, 5.41) is 4.88. The Balaban J connectivity index is 1.86. The first-order chi connectivity index (χ1) is 8.15. The van der Waals surface area contributed by atoms with E-state index < -0.39 is 0 Å². The Morgan fingerprint density at radius 2 is 2.29 bits per heavy atom. The van der Waals surface area contributed by atoms with Gasteiger partial charge in [-0.2, -0.15) is 0 Å². The molecule has 0 aliphatic carbocycles. The van der Waals surface area contributed by atoms with E-state index in [1.54, 1.807) is 11.3 Å². The van der Waals surface area contributed by atoms with Crippen molar-refractivity contribution in [2.45, 2.75) is 26.8 Å². The summed E-state index contributed by atoms with van der Waals surface area (Å²) in [5.74, 6) is 1.80. The monoisotopic (exact) mass is 249 g/mol. The fraction of sp³-hybridized carbons (Fsp3) is 0.308. The molecule has 90 valence electrons. The van der Waals surface area contributed by atoms with Crippen LogP contribution in [-0.2, 0) is 17.8 Å². The highest BCUT2D eigenvalue weighted by Gasteiger charge is 2.07. The van der Waals surface area contributed by atoms with Crippen LogP contribution in [0.2, 0.25) is 0 Å². The molecule has 2 aromatic rings. The first-order valence-corrected chi connectivity index (χ1v) is 6.38. The standard InChI is InChI=1S/C13H15NO2S/c1-9-6-11(10(2)16-9)8-14-13(15)7-12-4-3-5-17-12/h3-6H,7-8H2,1-2H3,(H,14,15). The van der Waals surface area contributed by atoms with Crippen LogP contribution in [0.25, 0.3) is 0 Å². The van der Waals surface area contributed by atoms with E-state index in [4.69, 9.17) is 4.42 Å². The molecule has 0 aromatic carbocycles. The lowest BCUT2D eigenvalue weighted by Gasteiger charge is -2.02. The molecule has 0 atom stereocenters. The first-order valence-electron chi connectivity index (χ1n) is 5.50. The molecule has 2 aromatic heterocycles. The largest absolute Gasteiger partial charge is 0.466 e. The Kier molecular flexibility index (Phi) is 3.64. The molecule has 2 heterocycles. The van der Waals surface area contributed by atoms with Crippen molar-refractivity contribution in [1.82, 2.24) is 5.32 Å². The molecule has 0 aliphatic rings. The Morgan fingerprint density at radius 3 is 2.88 bits per heavy atom. The fourth-order valence-corrected chi connectivity index (χ4v) is 2.39. The molecule has 0 bridgehead atoms. The van der Waals surface area contributed by atoms with Crippen molar-refractivity contribution in [2.75, 3.05) is 0 Å². The molecular weight excluding hydrogens is 234 g/mol. The van der Waals surface area contributed by atoms with Crippen molar-refractivity contribution in [1.29, 1.82) is 0 Å². The average Bonchev–Trinajstić information content (AvgIpc) is 2.86. The second-order valence-corrected chi connectivity index (χ2v) is 5.00. The zero-order chi connectivity index (χ0) is 12.3. The third-order valence-corrected chi connectivity index (χ3v) is 3.41. The summed E-state index contributed by atoms with van der Waals surface area (Å²) in [6, 6.07) is 5.88. The summed E-state index contributed by atoms with van der Waals surface area (Å²) in [6.45, 7) is 4.35. The summed E-state index contributed by atoms with van der Waals surface area (Å²) in [5.41, 5.74) is 1.04. The molecular formula is C13H15NO2S. The highest BCUT2D eigenvalue weighted by Crippen LogP contribution is 2.13. The van der Waals surface area contributed by atoms with Gasteiger partial charge < -0.3 is 9.73 Å². The van der Waals surface area contributed by atoms with Gasteiger partial charge in [-0.05, 0) is 31.4 Å². The molecule has 2 rings (SSSR count). The molecule has 1 amide bonds. The van der Waals surface area contributed by atoms with Gasteiger partial charge in [-0.25, -0.2) is 0 Å². The van der Waals surface area contributed by atoms with Gasteiger partial charge in [0.25, 0.3) is 0 Å². The van der Waals surface area contributed by atoms with Crippen molar-refractivity contribution in [3.05, 3.63) is 45.5 Å². The number of hydrogen-bond donors (Lipinski definition) is 1. The van der Waals surface area contributed by atoms with Gasteiger partial charge in [-0.3, -0.25) is 4.79 Å². The Labute approximate surface area is 104 Å². The molecule has 1 N–H and O–H groups in total. The van der Waals surface area contributed by atoms with Gasteiger partial charge in [0.1, 0.15) is 11.5 Å². The topological polar surface area (TPSA) is 42.2 Å². The van der Waals surface area contributed by atoms with E-state index in [-0.39, 0.29) is 5.91 Å². The van der Waals surface area contributed by atoms with E-state index in [1.165, 1.54) is 0 Å². The van der Waals surface area contributed by atoms with Crippen LogP contribution in [-0.4, -0.2) is 5.91 Å². The zero-order valence-electron chi connectivity index (χ0n) is 9.95. The van der Waals surface area contributed by atoms with Crippen LogP contribution in [0.5, 0.6) is 0 Å². The van der Waals surface area contributed by atoms with Gasteiger partial charge in [-0.1, -0.05) is 6.07 Å². The van der Waals surface area contributed by atoms with Gasteiger partial charge in [0, 0.05) is 17.0 Å². The number of amides is 1. The maximum Gasteiger partial charge on any atom is 0.225 e. The molecule has 0 spiro atoms. The summed E-state index contributed by atoms with van der Waals surface area (Å²) in [7, 11) is 0. The van der Waals surface area contributed by atoms with Crippen LogP contribution in [0.3, 0.4) is 0 Å². The second-order valence-electron chi connectivity index (χ2n) is 3.97. The molecule has 0 saturated heterocycles. The van der Waals surface area contributed by atoms with Gasteiger partial charge in [0.15, 0.2) is 0 Å². The molecule has 0 saturated carbocycles. The minimum atomic E-state index is 0.0469. The van der Waals surface area contributed by atoms with E-state index in [0.29, 0.717) is 13.0 Å². The van der Waals surface area contributed by atoms with Gasteiger partial charge in [0.05, 0.1) is 6.42 Å². The van der Waals surface area contributed by atoms with Crippen molar-refractivity contribution in [3.63, 3.8) is 0 Å². The number of rotatable bonds is 4. The Morgan fingerprint density at radius 1 is 1.47 bits per heavy atom. The normalized spacial score (nSPS) is 10.5. The van der Waals surface area contributed by atoms with E-state index >= 15 is 0 Å². The maximum absolute atomic E-state index is 11.7. The zero-order valence-corrected chi connectivity index (χ0v) is 10.8. The van der Waals surface area contributed by atoms with E-state index in [1.807, 2.05) is 37.4 Å². The van der Waals surface area contributed by atoms with E-state index in [0.717, 1.165) is 22.0 Å². The van der Waals surface area contributed by atoms with Crippen LogP contribution >= 0.6 is 11.3 Å². The number of thiophene rings is 1. The number of carbonyl (C=O) groups excluding carboxylic acids is 1. The van der Waals surface area contributed by atoms with Gasteiger partial charge >= 0.3 is 0 Å². The highest BCUT2D eigenvalue weighted by molar-refractivity contribution is 7.10. The van der Waals surface area contributed by atoms with E-state index in [2.05, 4.69) is 5.32 Å². The van der Waals surface area contributed by atoms with Crippen molar-refractivity contribution in [2.24, 2.45) is 0 Å². The number of carbonyl (C=O) groups is 1. The number of nitrogens with one attached hydrogen (secondary N) is 1. The summed E-state index contributed by atoms with van der Waals surface area (Å²) in [4.78, 5) is 12.8. The van der Waals surface area contributed by atoms with Crippen LogP contribution in [0.15, 0.2) is 28.0 Å². The summed E-state index contributed by atoms with van der Waals surface area (Å²) in [6.07, 6.45) is 0.452. The third kappa shape index (κ3) is 3.20. The molecule has 0 aliphatic heterocycles. The molecule has 17 heavy (non-hydrogen) atoms. The molecule has 4 heteroatoms.